The normalized spacial score (nSPS) is 10.8. The van der Waals surface area contributed by atoms with Crippen LogP contribution in [0.1, 0.15) is 11.1 Å². The highest BCUT2D eigenvalue weighted by molar-refractivity contribution is 9.10. The highest BCUT2D eigenvalue weighted by Crippen LogP contribution is 2.19. The number of nitrogens with zero attached hydrogens (tertiary/aromatic N) is 1. The summed E-state index contributed by atoms with van der Waals surface area (Å²) in [5, 5.41) is 0. The predicted octanol–water partition coefficient (Wildman–Crippen LogP) is 3.67. The molecule has 0 heterocycles. The number of anilines is 1. The molecule has 2 aromatic carbocycles. The van der Waals surface area contributed by atoms with E-state index < -0.39 is 0 Å². The summed E-state index contributed by atoms with van der Waals surface area (Å²) in [4.78, 5) is 2.25. The minimum Gasteiger partial charge on any atom is -0.497 e. The van der Waals surface area contributed by atoms with E-state index in [0.717, 1.165) is 29.0 Å². The Morgan fingerprint density at radius 2 is 1.70 bits per heavy atom. The van der Waals surface area contributed by atoms with Gasteiger partial charge in [0, 0.05) is 23.2 Å². The van der Waals surface area contributed by atoms with Crippen molar-refractivity contribution in [3.05, 3.63) is 58.1 Å². The summed E-state index contributed by atoms with van der Waals surface area (Å²) in [5.74, 6) is 0.885. The van der Waals surface area contributed by atoms with Crippen LogP contribution in [0.5, 0.6) is 5.75 Å². The second-order valence-electron chi connectivity index (χ2n) is 4.91. The first-order valence-electron chi connectivity index (χ1n) is 6.43. The van der Waals surface area contributed by atoms with Crippen LogP contribution in [0.15, 0.2) is 46.9 Å². The van der Waals surface area contributed by atoms with E-state index in [1.165, 1.54) is 11.1 Å². The summed E-state index contributed by atoms with van der Waals surface area (Å²) in [5.41, 5.74) is 9.10. The third-order valence-electron chi connectivity index (χ3n) is 3.04. The average Bonchev–Trinajstić information content (AvgIpc) is 2.38. The molecule has 106 valence electrons. The van der Waals surface area contributed by atoms with Crippen LogP contribution in [0.3, 0.4) is 0 Å². The zero-order valence-electron chi connectivity index (χ0n) is 11.8. The van der Waals surface area contributed by atoms with Crippen LogP contribution < -0.4 is 10.5 Å². The highest BCUT2D eigenvalue weighted by Gasteiger charge is 2.04. The van der Waals surface area contributed by atoms with E-state index in [0.29, 0.717) is 0 Å². The summed E-state index contributed by atoms with van der Waals surface area (Å²) < 4.78 is 6.18. The van der Waals surface area contributed by atoms with Gasteiger partial charge in [-0.05, 0) is 48.5 Å². The number of hydrogen-bond acceptors (Lipinski definition) is 3. The second kappa shape index (κ2) is 6.77. The van der Waals surface area contributed by atoms with Crippen molar-refractivity contribution in [1.29, 1.82) is 0 Å². The van der Waals surface area contributed by atoms with Crippen LogP contribution in [0, 0.1) is 0 Å². The fraction of sp³-hybridized carbons (Fsp3) is 0.250. The number of hydrogen-bond donors (Lipinski definition) is 1. The minimum absolute atomic E-state index is 0.784. The van der Waals surface area contributed by atoms with Gasteiger partial charge in [-0.15, -0.1) is 0 Å². The highest BCUT2D eigenvalue weighted by atomic mass is 79.9. The Hall–Kier alpha value is -1.52. The third-order valence-corrected chi connectivity index (χ3v) is 3.50. The summed E-state index contributed by atoms with van der Waals surface area (Å²) in [6, 6.07) is 14.2. The van der Waals surface area contributed by atoms with Gasteiger partial charge in [0.1, 0.15) is 5.75 Å². The van der Waals surface area contributed by atoms with Gasteiger partial charge >= 0.3 is 0 Å². The SMILES string of the molecule is COc1ccc(CN(C)Cc2cc(N)cc(Br)c2)cc1. The van der Waals surface area contributed by atoms with Crippen molar-refractivity contribution in [2.75, 3.05) is 19.9 Å². The first kappa shape index (κ1) is 14.9. The van der Waals surface area contributed by atoms with Gasteiger partial charge in [-0.2, -0.15) is 0 Å². The lowest BCUT2D eigenvalue weighted by atomic mass is 10.1. The molecule has 0 aliphatic heterocycles. The fourth-order valence-electron chi connectivity index (χ4n) is 2.18. The molecule has 0 aliphatic carbocycles. The lowest BCUT2D eigenvalue weighted by Crippen LogP contribution is -2.17. The number of nitrogens with two attached hydrogens (primary N) is 1. The smallest absolute Gasteiger partial charge is 0.118 e. The summed E-state index contributed by atoms with van der Waals surface area (Å²) in [6.07, 6.45) is 0. The van der Waals surface area contributed by atoms with Gasteiger partial charge in [0.05, 0.1) is 7.11 Å². The zero-order valence-corrected chi connectivity index (χ0v) is 13.4. The lowest BCUT2D eigenvalue weighted by molar-refractivity contribution is 0.319. The van der Waals surface area contributed by atoms with E-state index in [1.807, 2.05) is 24.3 Å². The molecule has 0 saturated carbocycles. The van der Waals surface area contributed by atoms with Crippen LogP contribution in [0.25, 0.3) is 0 Å². The van der Waals surface area contributed by atoms with Crippen LogP contribution in [0.4, 0.5) is 5.69 Å². The topological polar surface area (TPSA) is 38.5 Å². The van der Waals surface area contributed by atoms with Crippen molar-refractivity contribution >= 4 is 21.6 Å². The van der Waals surface area contributed by atoms with Crippen molar-refractivity contribution in [3.63, 3.8) is 0 Å². The number of nitrogen functional groups attached to an aromatic ring is 1. The Labute approximate surface area is 128 Å². The molecular formula is C16H19BrN2O. The van der Waals surface area contributed by atoms with Gasteiger partial charge in [0.25, 0.3) is 0 Å². The van der Waals surface area contributed by atoms with E-state index in [-0.39, 0.29) is 0 Å². The summed E-state index contributed by atoms with van der Waals surface area (Å²) in [7, 11) is 3.78. The van der Waals surface area contributed by atoms with Crippen molar-refractivity contribution in [2.45, 2.75) is 13.1 Å². The standard InChI is InChI=1S/C16H19BrN2O/c1-19(10-12-3-5-16(20-2)6-4-12)11-13-7-14(17)9-15(18)8-13/h3-9H,10-11,18H2,1-2H3. The second-order valence-corrected chi connectivity index (χ2v) is 5.83. The van der Waals surface area contributed by atoms with Crippen molar-refractivity contribution in [3.8, 4) is 5.75 Å². The molecule has 0 aliphatic rings. The van der Waals surface area contributed by atoms with E-state index in [2.05, 4.69) is 46.1 Å². The Balaban J connectivity index is 1.98. The Morgan fingerprint density at radius 1 is 1.05 bits per heavy atom. The number of ether oxygens (including phenoxy) is 1. The Kier molecular flexibility index (Phi) is 5.04. The summed E-state index contributed by atoms with van der Waals surface area (Å²) >= 11 is 3.47. The average molecular weight is 335 g/mol. The monoisotopic (exact) mass is 334 g/mol. The molecule has 0 radical (unpaired) electrons. The van der Waals surface area contributed by atoms with Gasteiger partial charge in [-0.1, -0.05) is 28.1 Å². The molecule has 2 N–H and O–H groups in total. The van der Waals surface area contributed by atoms with Crippen molar-refractivity contribution in [1.82, 2.24) is 4.90 Å². The minimum atomic E-state index is 0.784. The zero-order chi connectivity index (χ0) is 14.5. The Morgan fingerprint density at radius 3 is 2.30 bits per heavy atom. The molecule has 0 saturated heterocycles. The molecule has 4 heteroatoms. The van der Waals surface area contributed by atoms with E-state index in [1.54, 1.807) is 7.11 Å². The van der Waals surface area contributed by atoms with Gasteiger partial charge in [0.2, 0.25) is 0 Å². The van der Waals surface area contributed by atoms with Gasteiger partial charge in [0.15, 0.2) is 0 Å². The maximum absolute atomic E-state index is 5.86. The van der Waals surface area contributed by atoms with Crippen LogP contribution in [-0.4, -0.2) is 19.1 Å². The number of rotatable bonds is 5. The third kappa shape index (κ3) is 4.25. The van der Waals surface area contributed by atoms with Gasteiger partial charge in [-0.3, -0.25) is 4.90 Å². The largest absolute Gasteiger partial charge is 0.497 e. The molecule has 2 aromatic rings. The number of methoxy groups -OCH3 is 1. The van der Waals surface area contributed by atoms with Crippen molar-refractivity contribution < 1.29 is 4.74 Å². The van der Waals surface area contributed by atoms with E-state index in [4.69, 9.17) is 10.5 Å². The molecule has 0 spiro atoms. The van der Waals surface area contributed by atoms with Gasteiger partial charge in [-0.25, -0.2) is 0 Å². The maximum Gasteiger partial charge on any atom is 0.118 e. The lowest BCUT2D eigenvalue weighted by Gasteiger charge is -2.17. The quantitative estimate of drug-likeness (QED) is 0.848. The molecule has 0 aromatic heterocycles. The van der Waals surface area contributed by atoms with Crippen molar-refractivity contribution in [2.24, 2.45) is 0 Å². The molecule has 0 bridgehead atoms. The van der Waals surface area contributed by atoms with E-state index >= 15 is 0 Å². The van der Waals surface area contributed by atoms with Crippen LogP contribution >= 0.6 is 15.9 Å². The number of benzene rings is 2. The first-order chi connectivity index (χ1) is 9.56. The fourth-order valence-corrected chi connectivity index (χ4v) is 2.74. The first-order valence-corrected chi connectivity index (χ1v) is 7.22. The molecule has 2 rings (SSSR count). The van der Waals surface area contributed by atoms with Gasteiger partial charge < -0.3 is 10.5 Å². The van der Waals surface area contributed by atoms with E-state index in [9.17, 15) is 0 Å². The molecule has 0 unspecified atom stereocenters. The number of halogens is 1. The van der Waals surface area contributed by atoms with Crippen LogP contribution in [-0.2, 0) is 13.1 Å². The Bertz CT molecular complexity index is 549. The summed E-state index contributed by atoms with van der Waals surface area (Å²) in [6.45, 7) is 1.74. The molecule has 0 amide bonds. The molecule has 0 fully saturated rings. The van der Waals surface area contributed by atoms with Crippen LogP contribution in [0.2, 0.25) is 0 Å². The predicted molar refractivity (Wildman–Crippen MR) is 86.7 cm³/mol. The molecular weight excluding hydrogens is 316 g/mol. The molecule has 0 atom stereocenters. The maximum atomic E-state index is 5.86. The molecule has 20 heavy (non-hydrogen) atoms. The molecule has 3 nitrogen and oxygen atoms in total.